The summed E-state index contributed by atoms with van der Waals surface area (Å²) >= 11 is 5.95. The van der Waals surface area contributed by atoms with Crippen molar-refractivity contribution >= 4 is 46.7 Å². The van der Waals surface area contributed by atoms with Crippen LogP contribution in [-0.2, 0) is 9.59 Å². The zero-order valence-corrected chi connectivity index (χ0v) is 20.1. The smallest absolute Gasteiger partial charge is 0.385 e. The number of benzene rings is 3. The number of carbonyl (C=O) groups is 2. The average molecular weight is 501 g/mol. The highest BCUT2D eigenvalue weighted by Gasteiger charge is 2.23. The fourth-order valence-electron chi connectivity index (χ4n) is 3.48. The van der Waals surface area contributed by atoms with Crippen LogP contribution in [0.4, 0.5) is 11.4 Å². The molecule has 4 rings (SSSR count). The van der Waals surface area contributed by atoms with Crippen LogP contribution in [0.15, 0.2) is 97.3 Å². The lowest BCUT2D eigenvalue weighted by Crippen LogP contribution is -2.83. The van der Waals surface area contributed by atoms with E-state index in [0.717, 1.165) is 17.3 Å². The van der Waals surface area contributed by atoms with E-state index in [1.54, 1.807) is 48.8 Å². The van der Waals surface area contributed by atoms with Crippen LogP contribution >= 0.6 is 11.6 Å². The van der Waals surface area contributed by atoms with Gasteiger partial charge in [-0.3, -0.25) is 4.79 Å². The number of hydrogen-bond acceptors (Lipinski definition) is 5. The van der Waals surface area contributed by atoms with Crippen LogP contribution < -0.4 is 15.4 Å². The Hall–Kier alpha value is -4.53. The van der Waals surface area contributed by atoms with Crippen LogP contribution in [0.5, 0.6) is 5.75 Å². The summed E-state index contributed by atoms with van der Waals surface area (Å²) in [6.45, 7) is 1.46. The first-order chi connectivity index (χ1) is 17.4. The summed E-state index contributed by atoms with van der Waals surface area (Å²) in [5, 5.41) is 12.7. The Morgan fingerprint density at radius 1 is 1.06 bits per heavy atom. The zero-order chi connectivity index (χ0) is 25.5. The van der Waals surface area contributed by atoms with Crippen molar-refractivity contribution in [2.75, 3.05) is 5.32 Å². The SMILES string of the molecule is CC(=O)Nc1cccc(-c2ccc(O/C(C(=O)[NH2+]c3ccc(Cl)cc3)=C(/C=N)n3ccnc3)cc2)c1. The number of rotatable bonds is 8. The van der Waals surface area contributed by atoms with Crippen LogP contribution in [0.1, 0.15) is 6.92 Å². The number of nitrogens with zero attached hydrogens (tertiary/aromatic N) is 2. The fourth-order valence-corrected chi connectivity index (χ4v) is 3.60. The molecular weight excluding hydrogens is 478 g/mol. The Morgan fingerprint density at radius 2 is 1.81 bits per heavy atom. The molecule has 0 fully saturated rings. The molecule has 3 aromatic carbocycles. The maximum atomic E-state index is 13.3. The summed E-state index contributed by atoms with van der Waals surface area (Å²) in [6, 6.07) is 21.5. The lowest BCUT2D eigenvalue weighted by molar-refractivity contribution is -0.480. The summed E-state index contributed by atoms with van der Waals surface area (Å²) in [5.41, 5.74) is 3.39. The van der Waals surface area contributed by atoms with Gasteiger partial charge in [0.2, 0.25) is 5.91 Å². The quantitative estimate of drug-likeness (QED) is 0.143. The maximum Gasteiger partial charge on any atom is 0.385 e. The molecule has 180 valence electrons. The van der Waals surface area contributed by atoms with Gasteiger partial charge in [0.05, 0.1) is 6.33 Å². The van der Waals surface area contributed by atoms with Crippen molar-refractivity contribution in [1.82, 2.24) is 9.55 Å². The summed E-state index contributed by atoms with van der Waals surface area (Å²) in [6.07, 6.45) is 5.72. The number of amides is 2. The zero-order valence-electron chi connectivity index (χ0n) is 19.3. The van der Waals surface area contributed by atoms with E-state index in [-0.39, 0.29) is 17.4 Å². The van der Waals surface area contributed by atoms with Gasteiger partial charge in [-0.2, -0.15) is 0 Å². The van der Waals surface area contributed by atoms with Crippen molar-refractivity contribution in [3.8, 4) is 16.9 Å². The molecule has 0 aliphatic rings. The molecule has 8 nitrogen and oxygen atoms in total. The highest BCUT2D eigenvalue weighted by molar-refractivity contribution is 6.30. The molecule has 9 heteroatoms. The maximum absolute atomic E-state index is 13.3. The third-order valence-electron chi connectivity index (χ3n) is 5.13. The van der Waals surface area contributed by atoms with E-state index in [9.17, 15) is 9.59 Å². The summed E-state index contributed by atoms with van der Waals surface area (Å²) < 4.78 is 7.57. The van der Waals surface area contributed by atoms with E-state index in [2.05, 4.69) is 10.3 Å². The molecule has 1 aromatic heterocycles. The van der Waals surface area contributed by atoms with E-state index < -0.39 is 5.91 Å². The molecule has 0 bridgehead atoms. The first-order valence-electron chi connectivity index (χ1n) is 11.0. The summed E-state index contributed by atoms with van der Waals surface area (Å²) in [4.78, 5) is 28.6. The second kappa shape index (κ2) is 11.3. The number of halogens is 1. The molecule has 0 saturated carbocycles. The number of carbonyl (C=O) groups excluding carboxylic acids is 2. The van der Waals surface area contributed by atoms with Crippen molar-refractivity contribution in [2.45, 2.75) is 6.92 Å². The first-order valence-corrected chi connectivity index (χ1v) is 11.3. The largest absolute Gasteiger partial charge is 0.446 e. The predicted molar refractivity (Wildman–Crippen MR) is 139 cm³/mol. The van der Waals surface area contributed by atoms with E-state index >= 15 is 0 Å². The van der Waals surface area contributed by atoms with Crippen LogP contribution in [-0.4, -0.2) is 27.6 Å². The lowest BCUT2D eigenvalue weighted by Gasteiger charge is -2.12. The molecule has 4 aromatic rings. The Labute approximate surface area is 212 Å². The highest BCUT2D eigenvalue weighted by Crippen LogP contribution is 2.26. The van der Waals surface area contributed by atoms with Crippen molar-refractivity contribution in [3.05, 3.63) is 102 Å². The monoisotopic (exact) mass is 500 g/mol. The standard InChI is InChI=1S/C27H22ClN5O3/c1-18(34)31-23-4-2-3-20(15-23)19-5-11-24(12-6-19)36-26(25(16-29)33-14-13-30-17-33)27(35)32-22-9-7-21(28)8-10-22/h2-17,29H,1H3,(H,31,34)(H,32,35)/p+1/b26-25-,29-16?. The Kier molecular flexibility index (Phi) is 7.69. The minimum atomic E-state index is -0.420. The molecule has 1 heterocycles. The summed E-state index contributed by atoms with van der Waals surface area (Å²) in [5.74, 6) is -0.172. The molecule has 0 radical (unpaired) electrons. The molecule has 0 aliphatic heterocycles. The molecule has 36 heavy (non-hydrogen) atoms. The van der Waals surface area contributed by atoms with Crippen LogP contribution in [0.25, 0.3) is 16.8 Å². The van der Waals surface area contributed by atoms with E-state index in [0.29, 0.717) is 22.1 Å². The van der Waals surface area contributed by atoms with E-state index in [1.165, 1.54) is 23.1 Å². The summed E-state index contributed by atoms with van der Waals surface area (Å²) in [7, 11) is 0. The molecule has 0 unspecified atom stereocenters. The molecular formula is C27H23ClN5O3+. The molecule has 0 saturated heterocycles. The van der Waals surface area contributed by atoms with Crippen LogP contribution in [0.2, 0.25) is 5.02 Å². The second-order valence-corrected chi connectivity index (χ2v) is 8.21. The number of allylic oxidation sites excluding steroid dienone is 1. The topological polar surface area (TPSA) is 114 Å². The Bertz CT molecular complexity index is 1410. The van der Waals surface area contributed by atoms with Gasteiger partial charge in [-0.25, -0.2) is 15.1 Å². The van der Waals surface area contributed by atoms with E-state index in [1.807, 2.05) is 36.4 Å². The van der Waals surface area contributed by atoms with Crippen LogP contribution in [0.3, 0.4) is 0 Å². The fraction of sp³-hybridized carbons (Fsp3) is 0.0370. The number of nitrogens with two attached hydrogens (primary N) is 1. The lowest BCUT2D eigenvalue weighted by atomic mass is 10.0. The van der Waals surface area contributed by atoms with Gasteiger partial charge in [-0.05, 0) is 47.5 Å². The number of imidazole rings is 1. The van der Waals surface area contributed by atoms with E-state index in [4.69, 9.17) is 21.7 Å². The van der Waals surface area contributed by atoms with Gasteiger partial charge in [0, 0.05) is 48.4 Å². The molecule has 0 spiro atoms. The van der Waals surface area contributed by atoms with Gasteiger partial charge < -0.3 is 20.0 Å². The number of hydrogen-bond donors (Lipinski definition) is 3. The minimum absolute atomic E-state index is 0.0293. The van der Waals surface area contributed by atoms with Crippen LogP contribution in [0, 0.1) is 5.41 Å². The Balaban J connectivity index is 1.62. The number of aromatic nitrogens is 2. The Morgan fingerprint density at radius 3 is 2.44 bits per heavy atom. The third-order valence-corrected chi connectivity index (χ3v) is 5.39. The normalized spacial score (nSPS) is 11.4. The van der Waals surface area contributed by atoms with Crippen molar-refractivity contribution in [2.24, 2.45) is 0 Å². The molecule has 4 N–H and O–H groups in total. The van der Waals surface area contributed by atoms with Crippen molar-refractivity contribution < 1.29 is 19.6 Å². The first kappa shape index (κ1) is 24.6. The number of primary amides is 1. The number of nitrogens with one attached hydrogen (secondary N) is 2. The number of ether oxygens (including phenoxy) is 1. The minimum Gasteiger partial charge on any atom is -0.446 e. The van der Waals surface area contributed by atoms with Gasteiger partial charge in [-0.1, -0.05) is 35.9 Å². The second-order valence-electron chi connectivity index (χ2n) is 7.78. The third kappa shape index (κ3) is 6.12. The van der Waals surface area contributed by atoms with Gasteiger partial charge in [0.1, 0.15) is 17.1 Å². The molecule has 0 atom stereocenters. The van der Waals surface area contributed by atoms with Gasteiger partial charge in [0.15, 0.2) is 0 Å². The van der Waals surface area contributed by atoms with Gasteiger partial charge >= 0.3 is 5.91 Å². The predicted octanol–water partition coefficient (Wildman–Crippen LogP) is 4.48. The van der Waals surface area contributed by atoms with Crippen molar-refractivity contribution in [3.63, 3.8) is 0 Å². The molecule has 0 aliphatic carbocycles. The molecule has 2 amide bonds. The van der Waals surface area contributed by atoms with Crippen molar-refractivity contribution in [1.29, 1.82) is 5.41 Å². The highest BCUT2D eigenvalue weighted by atomic mass is 35.5. The average Bonchev–Trinajstić information content (AvgIpc) is 3.40. The van der Waals surface area contributed by atoms with Gasteiger partial charge in [0.25, 0.3) is 5.76 Å². The number of quaternary nitrogens is 1. The number of anilines is 1. The van der Waals surface area contributed by atoms with Gasteiger partial charge in [-0.15, -0.1) is 0 Å².